The normalized spacial score (nSPS) is 20.4. The summed E-state index contributed by atoms with van der Waals surface area (Å²) in [6, 6.07) is 28.0. The third-order valence-corrected chi connectivity index (χ3v) is 8.30. The van der Waals surface area contributed by atoms with E-state index in [0.717, 1.165) is 24.6 Å². The number of likely N-dealkylation sites (tertiary alicyclic amines) is 1. The highest BCUT2D eigenvalue weighted by Crippen LogP contribution is 2.47. The number of benzene rings is 3. The Morgan fingerprint density at radius 1 is 0.878 bits per heavy atom. The maximum atomic E-state index is 12.4. The maximum absolute atomic E-state index is 12.4. The molecule has 5 rings (SSSR count). The minimum atomic E-state index is -1.51. The van der Waals surface area contributed by atoms with Gasteiger partial charge in [-0.3, -0.25) is 0 Å². The van der Waals surface area contributed by atoms with Gasteiger partial charge in [-0.2, -0.15) is 0 Å². The van der Waals surface area contributed by atoms with Crippen LogP contribution in [0.2, 0.25) is 0 Å². The number of carboxylic acid groups (broad SMARTS) is 2. The lowest BCUT2D eigenvalue weighted by Crippen LogP contribution is -2.63. The van der Waals surface area contributed by atoms with Crippen molar-refractivity contribution in [2.24, 2.45) is 0 Å². The molecule has 212 valence electrons. The Morgan fingerprint density at radius 2 is 1.46 bits per heavy atom. The number of hydrogen-bond acceptors (Lipinski definition) is 5. The number of rotatable bonds is 8. The number of ether oxygens (including phenoxy) is 2. The first-order chi connectivity index (χ1) is 19.8. The van der Waals surface area contributed by atoms with Crippen molar-refractivity contribution in [1.29, 1.82) is 0 Å². The number of para-hydroxylation sites is 1. The number of piperidine rings is 1. The molecule has 2 heterocycles. The smallest absolute Gasteiger partial charge is 0.336 e. The van der Waals surface area contributed by atoms with Crippen molar-refractivity contribution in [3.63, 3.8) is 0 Å². The standard InChI is InChI=1S/C34H35NO6/c1-33(29(32(38)39)23-31(36)37)34(40-24-27-15-8-9-17-30(27)41-33)18-21-35(22-19-34)20-10-16-28(25-11-4-2-5-12-25)26-13-6-3-7-14-26/h2-9,11-17,23H,10,18-22,24H2,1H3,(H,36,37)(H,38,39)/b29-23+. The molecule has 7 nitrogen and oxygen atoms in total. The summed E-state index contributed by atoms with van der Waals surface area (Å²) in [6.07, 6.45) is 4.85. The van der Waals surface area contributed by atoms with Crippen LogP contribution in [-0.4, -0.2) is 57.9 Å². The minimum absolute atomic E-state index is 0.256. The summed E-state index contributed by atoms with van der Waals surface area (Å²) < 4.78 is 13.0. The van der Waals surface area contributed by atoms with Crippen molar-refractivity contribution < 1.29 is 29.3 Å². The number of nitrogens with zero attached hydrogens (tertiary/aromatic N) is 1. The van der Waals surface area contributed by atoms with Crippen LogP contribution < -0.4 is 4.74 Å². The monoisotopic (exact) mass is 553 g/mol. The molecule has 0 aliphatic carbocycles. The van der Waals surface area contributed by atoms with Crippen LogP contribution in [0.3, 0.4) is 0 Å². The summed E-state index contributed by atoms with van der Waals surface area (Å²) in [6.45, 7) is 4.06. The van der Waals surface area contributed by atoms with Crippen LogP contribution in [0.25, 0.3) is 5.57 Å². The molecule has 0 amide bonds. The third kappa shape index (κ3) is 5.97. The molecular weight excluding hydrogens is 518 g/mol. The average molecular weight is 554 g/mol. The Morgan fingerprint density at radius 3 is 2.05 bits per heavy atom. The number of hydrogen-bond donors (Lipinski definition) is 2. The van der Waals surface area contributed by atoms with Crippen molar-refractivity contribution in [3.8, 4) is 5.75 Å². The fraction of sp³-hybridized carbons (Fsp3) is 0.294. The minimum Gasteiger partial charge on any atom is -0.479 e. The van der Waals surface area contributed by atoms with Crippen LogP contribution in [0.4, 0.5) is 0 Å². The second kappa shape index (κ2) is 12.1. The summed E-state index contributed by atoms with van der Waals surface area (Å²) in [5.41, 5.74) is 1.48. The molecule has 1 atom stereocenters. The molecule has 0 saturated carbocycles. The molecule has 0 radical (unpaired) electrons. The van der Waals surface area contributed by atoms with Gasteiger partial charge in [0.15, 0.2) is 5.60 Å². The first kappa shape index (κ1) is 28.3. The van der Waals surface area contributed by atoms with E-state index in [1.807, 2.05) is 54.6 Å². The van der Waals surface area contributed by atoms with Gasteiger partial charge in [0.05, 0.1) is 12.2 Å². The zero-order chi connectivity index (χ0) is 28.9. The van der Waals surface area contributed by atoms with Crippen LogP contribution in [0.1, 0.15) is 42.9 Å². The molecule has 1 spiro atoms. The van der Waals surface area contributed by atoms with Crippen LogP contribution in [0, 0.1) is 0 Å². The Bertz CT molecular complexity index is 1400. The number of carboxylic acids is 2. The van der Waals surface area contributed by atoms with Gasteiger partial charge in [0.2, 0.25) is 0 Å². The molecule has 2 N–H and O–H groups in total. The van der Waals surface area contributed by atoms with Crippen molar-refractivity contribution in [3.05, 3.63) is 119 Å². The second-order valence-corrected chi connectivity index (χ2v) is 10.7. The lowest BCUT2D eigenvalue weighted by molar-refractivity contribution is -0.175. The molecule has 1 unspecified atom stereocenters. The molecule has 0 aromatic heterocycles. The van der Waals surface area contributed by atoms with Gasteiger partial charge in [0.1, 0.15) is 11.4 Å². The molecule has 1 fully saturated rings. The van der Waals surface area contributed by atoms with Crippen molar-refractivity contribution in [2.75, 3.05) is 19.6 Å². The Labute approximate surface area is 240 Å². The predicted octanol–water partition coefficient (Wildman–Crippen LogP) is 5.81. The Kier molecular flexibility index (Phi) is 8.38. The highest BCUT2D eigenvalue weighted by atomic mass is 16.6. The molecule has 1 saturated heterocycles. The third-order valence-electron chi connectivity index (χ3n) is 8.30. The number of carbonyl (C=O) groups is 2. The zero-order valence-electron chi connectivity index (χ0n) is 23.2. The molecule has 3 aromatic rings. The van der Waals surface area contributed by atoms with E-state index in [-0.39, 0.29) is 12.2 Å². The van der Waals surface area contributed by atoms with Gasteiger partial charge >= 0.3 is 11.9 Å². The van der Waals surface area contributed by atoms with Gasteiger partial charge in [0, 0.05) is 31.3 Å². The quantitative estimate of drug-likeness (QED) is 0.340. The molecular formula is C34H35NO6. The highest BCUT2D eigenvalue weighted by molar-refractivity contribution is 5.96. The topological polar surface area (TPSA) is 96.3 Å². The van der Waals surface area contributed by atoms with E-state index in [1.165, 1.54) is 16.7 Å². The van der Waals surface area contributed by atoms with Gasteiger partial charge in [-0.05, 0) is 49.0 Å². The molecule has 41 heavy (non-hydrogen) atoms. The molecule has 2 aliphatic rings. The molecule has 0 bridgehead atoms. The fourth-order valence-electron chi connectivity index (χ4n) is 6.01. The molecule has 3 aromatic carbocycles. The average Bonchev–Trinajstić information content (AvgIpc) is 3.10. The summed E-state index contributed by atoms with van der Waals surface area (Å²) in [5.74, 6) is -2.16. The van der Waals surface area contributed by atoms with Crippen molar-refractivity contribution in [2.45, 2.75) is 44.0 Å². The molecule has 7 heteroatoms. The van der Waals surface area contributed by atoms with E-state index >= 15 is 0 Å². The van der Waals surface area contributed by atoms with E-state index in [0.29, 0.717) is 31.7 Å². The van der Waals surface area contributed by atoms with E-state index in [9.17, 15) is 19.8 Å². The van der Waals surface area contributed by atoms with E-state index in [2.05, 4.69) is 35.2 Å². The SMILES string of the molecule is CC1(/C(=C/C(=O)O)C(=O)O)Oc2ccccc2COC12CCN(CCC=C(c1ccccc1)c1ccccc1)CC2. The first-order valence-corrected chi connectivity index (χ1v) is 13.9. The van der Waals surface area contributed by atoms with E-state index < -0.39 is 23.1 Å². The second-order valence-electron chi connectivity index (χ2n) is 10.7. The van der Waals surface area contributed by atoms with Crippen LogP contribution in [-0.2, 0) is 20.9 Å². The Balaban J connectivity index is 1.37. The maximum Gasteiger partial charge on any atom is 0.336 e. The largest absolute Gasteiger partial charge is 0.479 e. The fourth-order valence-corrected chi connectivity index (χ4v) is 6.01. The van der Waals surface area contributed by atoms with Crippen LogP contribution in [0.5, 0.6) is 5.75 Å². The Hall–Kier alpha value is -4.20. The van der Waals surface area contributed by atoms with Gasteiger partial charge in [-0.1, -0.05) is 84.9 Å². The number of aliphatic carboxylic acids is 2. The van der Waals surface area contributed by atoms with E-state index in [1.54, 1.807) is 13.0 Å². The first-order valence-electron chi connectivity index (χ1n) is 13.9. The summed E-state index contributed by atoms with van der Waals surface area (Å²) >= 11 is 0. The number of fused-ring (bicyclic) bond motifs is 1. The lowest BCUT2D eigenvalue weighted by Gasteiger charge is -2.50. The van der Waals surface area contributed by atoms with Crippen LogP contribution >= 0.6 is 0 Å². The van der Waals surface area contributed by atoms with Gasteiger partial charge in [-0.15, -0.1) is 0 Å². The van der Waals surface area contributed by atoms with Gasteiger partial charge in [-0.25, -0.2) is 9.59 Å². The predicted molar refractivity (Wildman–Crippen MR) is 157 cm³/mol. The summed E-state index contributed by atoms with van der Waals surface area (Å²) in [5, 5.41) is 19.6. The summed E-state index contributed by atoms with van der Waals surface area (Å²) in [4.78, 5) is 26.4. The van der Waals surface area contributed by atoms with Gasteiger partial charge < -0.3 is 24.6 Å². The van der Waals surface area contributed by atoms with Crippen LogP contribution in [0.15, 0.2) is 103 Å². The zero-order valence-corrected chi connectivity index (χ0v) is 23.2. The highest BCUT2D eigenvalue weighted by Gasteiger charge is 2.58. The van der Waals surface area contributed by atoms with E-state index in [4.69, 9.17) is 9.47 Å². The summed E-state index contributed by atoms with van der Waals surface area (Å²) in [7, 11) is 0. The molecule has 2 aliphatic heterocycles. The van der Waals surface area contributed by atoms with Gasteiger partial charge in [0.25, 0.3) is 0 Å². The van der Waals surface area contributed by atoms with Crippen molar-refractivity contribution >= 4 is 17.5 Å². The lowest BCUT2D eigenvalue weighted by atomic mass is 9.72. The van der Waals surface area contributed by atoms with Crippen molar-refractivity contribution in [1.82, 2.24) is 4.90 Å².